The molecule has 6 nitrogen and oxygen atoms in total. The van der Waals surface area contributed by atoms with Crippen LogP contribution in [0.1, 0.15) is 35.5 Å². The summed E-state index contributed by atoms with van der Waals surface area (Å²) >= 11 is 1.02. The summed E-state index contributed by atoms with van der Waals surface area (Å²) in [5.41, 5.74) is 2.24. The predicted molar refractivity (Wildman–Crippen MR) is 127 cm³/mol. The van der Waals surface area contributed by atoms with Crippen molar-refractivity contribution in [2.75, 3.05) is 4.90 Å². The summed E-state index contributed by atoms with van der Waals surface area (Å²) in [6.45, 7) is 3.24. The normalized spacial score (nSPS) is 11.4. The number of H-pyrrole nitrogens is 1. The number of nitriles is 1. The van der Waals surface area contributed by atoms with Gasteiger partial charge in [0.2, 0.25) is 11.7 Å². The number of ketones is 1. The standard InChI is InChI=1S/C25H18F2N4O2S/c1-3-15-5-4-6-19-20(12-29-23(15)19)24(33)16(11-28)9-18-13-34-25(30-18)31(14(2)32)22-8-7-17(26)10-21(22)27/h4-10,12-13,29H,3H2,1-2H3/b16-9+. The Bertz CT molecular complexity index is 1500. The van der Waals surface area contributed by atoms with Crippen molar-refractivity contribution in [2.45, 2.75) is 20.3 Å². The minimum absolute atomic E-state index is 0.119. The van der Waals surface area contributed by atoms with E-state index in [2.05, 4.69) is 9.97 Å². The van der Waals surface area contributed by atoms with Crippen molar-refractivity contribution in [2.24, 2.45) is 0 Å². The Labute approximate surface area is 197 Å². The number of hydrogen-bond donors (Lipinski definition) is 1. The minimum Gasteiger partial charge on any atom is -0.360 e. The first kappa shape index (κ1) is 23.0. The summed E-state index contributed by atoms with van der Waals surface area (Å²) in [5, 5.41) is 12.0. The van der Waals surface area contributed by atoms with Crippen LogP contribution in [0.25, 0.3) is 17.0 Å². The predicted octanol–water partition coefficient (Wildman–Crippen LogP) is 5.94. The van der Waals surface area contributed by atoms with Gasteiger partial charge in [-0.15, -0.1) is 11.3 Å². The van der Waals surface area contributed by atoms with Crippen LogP contribution in [0.2, 0.25) is 0 Å². The molecule has 4 rings (SSSR count). The molecular weight excluding hydrogens is 458 g/mol. The van der Waals surface area contributed by atoms with Gasteiger partial charge in [-0.25, -0.2) is 13.8 Å². The number of rotatable bonds is 6. The summed E-state index contributed by atoms with van der Waals surface area (Å²) in [6, 6.07) is 10.4. The van der Waals surface area contributed by atoms with Gasteiger partial charge < -0.3 is 4.98 Å². The second-order valence-electron chi connectivity index (χ2n) is 7.40. The van der Waals surface area contributed by atoms with Gasteiger partial charge in [-0.05, 0) is 30.2 Å². The first-order chi connectivity index (χ1) is 16.3. The van der Waals surface area contributed by atoms with Crippen LogP contribution >= 0.6 is 11.3 Å². The lowest BCUT2D eigenvalue weighted by Crippen LogP contribution is -2.23. The van der Waals surface area contributed by atoms with Crippen LogP contribution in [-0.4, -0.2) is 21.7 Å². The van der Waals surface area contributed by atoms with Crippen LogP contribution in [0.15, 0.2) is 53.5 Å². The third-order valence-corrected chi connectivity index (χ3v) is 6.10. The number of aromatic nitrogens is 2. The molecule has 0 atom stereocenters. The molecule has 1 amide bonds. The maximum Gasteiger partial charge on any atom is 0.230 e. The zero-order chi connectivity index (χ0) is 24.4. The third-order valence-electron chi connectivity index (χ3n) is 5.25. The molecule has 1 N–H and O–H groups in total. The molecule has 0 aliphatic carbocycles. The van der Waals surface area contributed by atoms with E-state index in [1.165, 1.54) is 13.0 Å². The first-order valence-electron chi connectivity index (χ1n) is 10.3. The maximum atomic E-state index is 14.3. The number of aromatic amines is 1. The minimum atomic E-state index is -0.916. The fourth-order valence-electron chi connectivity index (χ4n) is 3.66. The molecule has 0 bridgehead atoms. The summed E-state index contributed by atoms with van der Waals surface area (Å²) < 4.78 is 27.6. The quantitative estimate of drug-likeness (QED) is 0.212. The van der Waals surface area contributed by atoms with E-state index in [4.69, 9.17) is 0 Å². The largest absolute Gasteiger partial charge is 0.360 e. The number of hydrogen-bond acceptors (Lipinski definition) is 5. The molecule has 0 fully saturated rings. The SMILES string of the molecule is CCc1cccc2c(C(=O)/C(C#N)=C/c3csc(N(C(C)=O)c4ccc(F)cc4F)n3)c[nH]c12. The number of fused-ring (bicyclic) bond motifs is 1. The molecule has 0 unspecified atom stereocenters. The van der Waals surface area contributed by atoms with Crippen molar-refractivity contribution in [3.8, 4) is 6.07 Å². The lowest BCUT2D eigenvalue weighted by Gasteiger charge is -2.18. The van der Waals surface area contributed by atoms with Crippen molar-refractivity contribution in [1.29, 1.82) is 5.26 Å². The highest BCUT2D eigenvalue weighted by Gasteiger charge is 2.22. The van der Waals surface area contributed by atoms with Gasteiger partial charge in [0, 0.05) is 41.0 Å². The number of benzene rings is 2. The molecule has 170 valence electrons. The van der Waals surface area contributed by atoms with E-state index in [1.807, 2.05) is 31.2 Å². The highest BCUT2D eigenvalue weighted by Crippen LogP contribution is 2.32. The molecule has 34 heavy (non-hydrogen) atoms. The Morgan fingerprint density at radius 2 is 2.06 bits per heavy atom. The van der Waals surface area contributed by atoms with E-state index < -0.39 is 23.3 Å². The van der Waals surface area contributed by atoms with E-state index in [9.17, 15) is 23.6 Å². The highest BCUT2D eigenvalue weighted by atomic mass is 32.1. The molecule has 2 aromatic carbocycles. The van der Waals surface area contributed by atoms with Crippen LogP contribution in [0.3, 0.4) is 0 Å². The fourth-order valence-corrected chi connectivity index (χ4v) is 4.49. The number of para-hydroxylation sites is 1. The summed E-state index contributed by atoms with van der Waals surface area (Å²) in [7, 11) is 0. The van der Waals surface area contributed by atoms with Crippen molar-refractivity contribution >= 4 is 50.8 Å². The van der Waals surface area contributed by atoms with Crippen LogP contribution in [-0.2, 0) is 11.2 Å². The molecule has 9 heteroatoms. The number of nitrogens with zero attached hydrogens (tertiary/aromatic N) is 3. The van der Waals surface area contributed by atoms with Crippen LogP contribution < -0.4 is 4.90 Å². The van der Waals surface area contributed by atoms with Gasteiger partial charge in [0.15, 0.2) is 5.13 Å². The van der Waals surface area contributed by atoms with E-state index in [0.717, 1.165) is 51.3 Å². The van der Waals surface area contributed by atoms with Gasteiger partial charge in [-0.2, -0.15) is 5.26 Å². The number of halogens is 2. The molecule has 0 spiro atoms. The van der Waals surface area contributed by atoms with E-state index in [-0.39, 0.29) is 22.1 Å². The summed E-state index contributed by atoms with van der Waals surface area (Å²) in [5.74, 6) is -2.68. The average Bonchev–Trinajstić information content (AvgIpc) is 3.45. The number of carbonyl (C=O) groups excluding carboxylic acids is 2. The van der Waals surface area contributed by atoms with Crippen molar-refractivity contribution in [3.05, 3.63) is 82.0 Å². The van der Waals surface area contributed by atoms with Gasteiger partial charge >= 0.3 is 0 Å². The molecule has 4 aromatic rings. The second kappa shape index (κ2) is 9.37. The Morgan fingerprint density at radius 1 is 1.26 bits per heavy atom. The Hall–Kier alpha value is -4.16. The number of allylic oxidation sites excluding steroid dienone is 1. The maximum absolute atomic E-state index is 14.3. The first-order valence-corrected chi connectivity index (χ1v) is 11.2. The third kappa shape index (κ3) is 4.23. The smallest absolute Gasteiger partial charge is 0.230 e. The molecule has 0 radical (unpaired) electrons. The van der Waals surface area contributed by atoms with Crippen molar-refractivity contribution in [1.82, 2.24) is 9.97 Å². The van der Waals surface area contributed by atoms with E-state index in [1.54, 1.807) is 11.6 Å². The van der Waals surface area contributed by atoms with Gasteiger partial charge in [-0.1, -0.05) is 25.1 Å². The molecule has 0 aliphatic rings. The van der Waals surface area contributed by atoms with Gasteiger partial charge in [0.25, 0.3) is 0 Å². The monoisotopic (exact) mass is 476 g/mol. The van der Waals surface area contributed by atoms with E-state index in [0.29, 0.717) is 11.6 Å². The number of amides is 1. The second-order valence-corrected chi connectivity index (χ2v) is 8.24. The molecule has 0 aliphatic heterocycles. The van der Waals surface area contributed by atoms with Crippen LogP contribution in [0.5, 0.6) is 0 Å². The van der Waals surface area contributed by atoms with Crippen molar-refractivity contribution in [3.63, 3.8) is 0 Å². The molecule has 2 heterocycles. The zero-order valence-corrected chi connectivity index (χ0v) is 19.0. The number of aryl methyl sites for hydroxylation is 1. The number of nitrogens with one attached hydrogen (secondary N) is 1. The van der Waals surface area contributed by atoms with E-state index >= 15 is 0 Å². The Kier molecular flexibility index (Phi) is 6.34. The average molecular weight is 477 g/mol. The highest BCUT2D eigenvalue weighted by molar-refractivity contribution is 7.14. The van der Waals surface area contributed by atoms with Gasteiger partial charge in [0.05, 0.1) is 11.4 Å². The van der Waals surface area contributed by atoms with Gasteiger partial charge in [-0.3, -0.25) is 14.5 Å². The molecule has 0 saturated heterocycles. The lowest BCUT2D eigenvalue weighted by atomic mass is 10.0. The Morgan fingerprint density at radius 3 is 2.74 bits per heavy atom. The summed E-state index contributed by atoms with van der Waals surface area (Å²) in [6.07, 6.45) is 3.69. The topological polar surface area (TPSA) is 89.8 Å². The fraction of sp³-hybridized carbons (Fsp3) is 0.120. The van der Waals surface area contributed by atoms with Crippen molar-refractivity contribution < 1.29 is 18.4 Å². The number of anilines is 2. The summed E-state index contributed by atoms with van der Waals surface area (Å²) in [4.78, 5) is 33.7. The number of carbonyl (C=O) groups is 2. The lowest BCUT2D eigenvalue weighted by molar-refractivity contribution is -0.115. The Balaban J connectivity index is 1.69. The zero-order valence-electron chi connectivity index (χ0n) is 18.2. The number of thiazole rings is 1. The van der Waals surface area contributed by atoms with Crippen LogP contribution in [0.4, 0.5) is 19.6 Å². The molecule has 2 aromatic heterocycles. The molecular formula is C25H18F2N4O2S. The number of Topliss-reactive ketones (excluding diaryl/α,β-unsaturated/α-hetero) is 1. The van der Waals surface area contributed by atoms with Gasteiger partial charge in [0.1, 0.15) is 23.3 Å². The molecule has 0 saturated carbocycles. The van der Waals surface area contributed by atoms with Crippen LogP contribution in [0, 0.1) is 23.0 Å².